The molecule has 3 N–H and O–H groups in total. The molecule has 0 bridgehead atoms. The van der Waals surface area contributed by atoms with Gasteiger partial charge in [0.15, 0.2) is 0 Å². The highest BCUT2D eigenvalue weighted by molar-refractivity contribution is 9.10. The van der Waals surface area contributed by atoms with E-state index in [1.807, 2.05) is 24.3 Å². The first kappa shape index (κ1) is 14.5. The Morgan fingerprint density at radius 3 is 2.53 bits per heavy atom. The lowest BCUT2D eigenvalue weighted by atomic mass is 9.62. The lowest BCUT2D eigenvalue weighted by molar-refractivity contribution is -0.133. The minimum atomic E-state index is -0.621. The summed E-state index contributed by atoms with van der Waals surface area (Å²) >= 11 is 8.45. The fourth-order valence-corrected chi connectivity index (χ4v) is 3.11. The Hall–Kier alpha value is -0.940. The maximum Gasteiger partial charge on any atom is 0.233 e. The van der Waals surface area contributed by atoms with Crippen LogP contribution in [0, 0.1) is 11.3 Å². The van der Waals surface area contributed by atoms with Gasteiger partial charge in [-0.3, -0.25) is 4.79 Å². The minimum absolute atomic E-state index is 0.0407. The van der Waals surface area contributed by atoms with Gasteiger partial charge in [-0.2, -0.15) is 0 Å². The number of benzene rings is 1. The maximum atomic E-state index is 12.3. The second kappa shape index (κ2) is 5.59. The Bertz CT molecular complexity index is 495. The standard InChI is InChI=1S/C14H17BrN2OS/c1-9-6-14(7-9,12(16)19)13(18)17-8-10-2-4-11(15)5-3-10/h2-5,9H,6-8H2,1H3,(H2,16,19)(H,17,18). The van der Waals surface area contributed by atoms with E-state index in [0.717, 1.165) is 22.9 Å². The molecule has 0 atom stereocenters. The Kier molecular flexibility index (Phi) is 4.26. The van der Waals surface area contributed by atoms with Gasteiger partial charge in [0.1, 0.15) is 0 Å². The zero-order chi connectivity index (χ0) is 14.0. The van der Waals surface area contributed by atoms with Crippen molar-refractivity contribution < 1.29 is 4.79 Å². The maximum absolute atomic E-state index is 12.3. The van der Waals surface area contributed by atoms with Crippen molar-refractivity contribution in [3.63, 3.8) is 0 Å². The summed E-state index contributed by atoms with van der Waals surface area (Å²) in [5.74, 6) is 0.473. The van der Waals surface area contributed by atoms with Gasteiger partial charge in [0.2, 0.25) is 5.91 Å². The van der Waals surface area contributed by atoms with Crippen LogP contribution in [-0.2, 0) is 11.3 Å². The third kappa shape index (κ3) is 2.98. The Labute approximate surface area is 127 Å². The molecule has 1 aromatic rings. The van der Waals surface area contributed by atoms with Gasteiger partial charge in [0.25, 0.3) is 0 Å². The summed E-state index contributed by atoms with van der Waals surface area (Å²) < 4.78 is 1.02. The first-order valence-electron chi connectivity index (χ1n) is 6.27. The van der Waals surface area contributed by atoms with E-state index in [9.17, 15) is 4.79 Å². The molecule has 2 rings (SSSR count). The van der Waals surface area contributed by atoms with E-state index < -0.39 is 5.41 Å². The largest absolute Gasteiger partial charge is 0.392 e. The van der Waals surface area contributed by atoms with E-state index in [1.54, 1.807) is 0 Å². The van der Waals surface area contributed by atoms with Crippen LogP contribution in [0.4, 0.5) is 0 Å². The third-order valence-corrected chi connectivity index (χ3v) is 4.59. The number of hydrogen-bond acceptors (Lipinski definition) is 2. The van der Waals surface area contributed by atoms with E-state index >= 15 is 0 Å². The lowest BCUT2D eigenvalue weighted by Crippen LogP contribution is -2.55. The molecular formula is C14H17BrN2OS. The zero-order valence-corrected chi connectivity index (χ0v) is 13.2. The van der Waals surface area contributed by atoms with Crippen LogP contribution in [-0.4, -0.2) is 10.9 Å². The Morgan fingerprint density at radius 1 is 1.47 bits per heavy atom. The summed E-state index contributed by atoms with van der Waals surface area (Å²) in [6.07, 6.45) is 1.52. The molecule has 19 heavy (non-hydrogen) atoms. The molecule has 1 aliphatic carbocycles. The molecule has 0 heterocycles. The van der Waals surface area contributed by atoms with E-state index in [0.29, 0.717) is 17.5 Å². The van der Waals surface area contributed by atoms with Gasteiger partial charge in [-0.05, 0) is 36.5 Å². The molecule has 102 valence electrons. The van der Waals surface area contributed by atoms with Gasteiger partial charge in [-0.25, -0.2) is 0 Å². The third-order valence-electron chi connectivity index (χ3n) is 3.67. The molecule has 1 aliphatic rings. The quantitative estimate of drug-likeness (QED) is 0.828. The second-order valence-electron chi connectivity index (χ2n) is 5.27. The van der Waals surface area contributed by atoms with Crippen LogP contribution < -0.4 is 11.1 Å². The van der Waals surface area contributed by atoms with Crippen LogP contribution in [0.15, 0.2) is 28.7 Å². The van der Waals surface area contributed by atoms with Gasteiger partial charge in [0.05, 0.1) is 10.4 Å². The molecule has 0 aliphatic heterocycles. The number of carbonyl (C=O) groups is 1. The number of carbonyl (C=O) groups excluding carboxylic acids is 1. The SMILES string of the molecule is CC1CC(C(=O)NCc2ccc(Br)cc2)(C(N)=S)C1. The highest BCUT2D eigenvalue weighted by atomic mass is 79.9. The van der Waals surface area contributed by atoms with Crippen molar-refractivity contribution >= 4 is 39.0 Å². The second-order valence-corrected chi connectivity index (χ2v) is 6.62. The molecule has 1 fully saturated rings. The summed E-state index contributed by atoms with van der Waals surface area (Å²) in [6, 6.07) is 7.86. The van der Waals surface area contributed by atoms with Crippen molar-refractivity contribution in [1.82, 2.24) is 5.32 Å². The fraction of sp³-hybridized carbons (Fsp3) is 0.429. The summed E-state index contributed by atoms with van der Waals surface area (Å²) in [7, 11) is 0. The predicted molar refractivity (Wildman–Crippen MR) is 83.6 cm³/mol. The van der Waals surface area contributed by atoms with Crippen molar-refractivity contribution in [2.75, 3.05) is 0 Å². The normalized spacial score (nSPS) is 25.5. The van der Waals surface area contributed by atoms with E-state index in [-0.39, 0.29) is 5.91 Å². The first-order chi connectivity index (χ1) is 8.94. The van der Waals surface area contributed by atoms with Crippen LogP contribution in [0.1, 0.15) is 25.3 Å². The van der Waals surface area contributed by atoms with Gasteiger partial charge in [-0.1, -0.05) is 47.2 Å². The van der Waals surface area contributed by atoms with Gasteiger partial charge in [-0.15, -0.1) is 0 Å². The van der Waals surface area contributed by atoms with Crippen molar-refractivity contribution in [1.29, 1.82) is 0 Å². The molecule has 0 radical (unpaired) electrons. The average molecular weight is 341 g/mol. The summed E-state index contributed by atoms with van der Waals surface area (Å²) in [6.45, 7) is 2.61. The van der Waals surface area contributed by atoms with Gasteiger partial charge < -0.3 is 11.1 Å². The van der Waals surface area contributed by atoms with Crippen LogP contribution in [0.5, 0.6) is 0 Å². The van der Waals surface area contributed by atoms with Crippen LogP contribution in [0.25, 0.3) is 0 Å². The minimum Gasteiger partial charge on any atom is -0.392 e. The Balaban J connectivity index is 1.97. The highest BCUT2D eigenvalue weighted by Crippen LogP contribution is 2.45. The topological polar surface area (TPSA) is 55.1 Å². The van der Waals surface area contributed by atoms with Crippen molar-refractivity contribution in [3.8, 4) is 0 Å². The molecule has 0 aromatic heterocycles. The molecule has 5 heteroatoms. The molecule has 1 saturated carbocycles. The van der Waals surface area contributed by atoms with E-state index in [4.69, 9.17) is 18.0 Å². The van der Waals surface area contributed by atoms with Gasteiger partial charge >= 0.3 is 0 Å². The number of hydrogen-bond donors (Lipinski definition) is 2. The molecule has 3 nitrogen and oxygen atoms in total. The number of rotatable bonds is 4. The fourth-order valence-electron chi connectivity index (χ4n) is 2.58. The predicted octanol–water partition coefficient (Wildman–Crippen LogP) is 2.77. The number of nitrogens with one attached hydrogen (secondary N) is 1. The first-order valence-corrected chi connectivity index (χ1v) is 7.47. The smallest absolute Gasteiger partial charge is 0.233 e. The number of amides is 1. The number of nitrogens with two attached hydrogens (primary N) is 1. The summed E-state index contributed by atoms with van der Waals surface area (Å²) in [5.41, 5.74) is 6.19. The summed E-state index contributed by atoms with van der Waals surface area (Å²) in [4.78, 5) is 12.6. The van der Waals surface area contributed by atoms with Gasteiger partial charge in [0, 0.05) is 11.0 Å². The summed E-state index contributed by atoms with van der Waals surface area (Å²) in [5, 5.41) is 2.94. The molecular weight excluding hydrogens is 324 g/mol. The van der Waals surface area contributed by atoms with Crippen LogP contribution in [0.3, 0.4) is 0 Å². The average Bonchev–Trinajstić information content (AvgIpc) is 2.33. The number of thiocarbonyl (C=S) groups is 1. The molecule has 1 aromatic carbocycles. The molecule has 0 spiro atoms. The van der Waals surface area contributed by atoms with E-state index in [2.05, 4.69) is 28.2 Å². The van der Waals surface area contributed by atoms with Crippen molar-refractivity contribution in [3.05, 3.63) is 34.3 Å². The Morgan fingerprint density at radius 2 is 2.05 bits per heavy atom. The monoisotopic (exact) mass is 340 g/mol. The van der Waals surface area contributed by atoms with Crippen molar-refractivity contribution in [2.45, 2.75) is 26.3 Å². The zero-order valence-electron chi connectivity index (χ0n) is 10.8. The van der Waals surface area contributed by atoms with E-state index in [1.165, 1.54) is 0 Å². The van der Waals surface area contributed by atoms with Crippen LogP contribution >= 0.6 is 28.1 Å². The lowest BCUT2D eigenvalue weighted by Gasteiger charge is -2.44. The highest BCUT2D eigenvalue weighted by Gasteiger charge is 2.50. The molecule has 1 amide bonds. The number of halogens is 1. The van der Waals surface area contributed by atoms with Crippen molar-refractivity contribution in [2.24, 2.45) is 17.1 Å². The molecule has 0 unspecified atom stereocenters. The van der Waals surface area contributed by atoms with Crippen LogP contribution in [0.2, 0.25) is 0 Å². The molecule has 0 saturated heterocycles.